The van der Waals surface area contributed by atoms with E-state index in [-0.39, 0.29) is 23.6 Å². The van der Waals surface area contributed by atoms with Gasteiger partial charge in [-0.1, -0.05) is 32.0 Å². The van der Waals surface area contributed by atoms with E-state index in [0.29, 0.717) is 11.7 Å². The number of benzene rings is 1. The summed E-state index contributed by atoms with van der Waals surface area (Å²) in [5, 5.41) is 10.5. The third-order valence-corrected chi connectivity index (χ3v) is 5.54. The van der Waals surface area contributed by atoms with Gasteiger partial charge in [0.05, 0.1) is 11.8 Å². The first kappa shape index (κ1) is 16.1. The number of rotatable bonds is 3. The Balaban J connectivity index is 1.44. The molecule has 4 rings (SSSR count). The van der Waals surface area contributed by atoms with Gasteiger partial charge in [0.25, 0.3) is 0 Å². The minimum absolute atomic E-state index is 0.0308. The molecule has 1 saturated carbocycles. The van der Waals surface area contributed by atoms with Crippen LogP contribution in [0.25, 0.3) is 5.69 Å². The average Bonchev–Trinajstić information content (AvgIpc) is 3.20. The van der Waals surface area contributed by atoms with Gasteiger partial charge in [-0.2, -0.15) is 0 Å². The van der Waals surface area contributed by atoms with Crippen LogP contribution >= 0.6 is 0 Å². The van der Waals surface area contributed by atoms with Crippen molar-refractivity contribution < 1.29 is 9.53 Å². The highest BCUT2D eigenvalue weighted by Gasteiger charge is 2.59. The van der Waals surface area contributed by atoms with E-state index in [1.165, 1.54) is 0 Å². The van der Waals surface area contributed by atoms with Gasteiger partial charge in [-0.05, 0) is 25.5 Å². The molecule has 0 unspecified atom stereocenters. The smallest absolute Gasteiger partial charge is 0.320 e. The quantitative estimate of drug-likeness (QED) is 0.902. The second kappa shape index (κ2) is 5.88. The molecule has 0 spiro atoms. The molecular weight excluding hydrogens is 316 g/mol. The van der Waals surface area contributed by atoms with Gasteiger partial charge in [0, 0.05) is 35.7 Å². The van der Waals surface area contributed by atoms with Crippen molar-refractivity contribution in [2.24, 2.45) is 11.3 Å². The van der Waals surface area contributed by atoms with Gasteiger partial charge in [0.15, 0.2) is 5.82 Å². The van der Waals surface area contributed by atoms with Crippen LogP contribution in [0.5, 0.6) is 0 Å². The predicted molar refractivity (Wildman–Crippen MR) is 95.9 cm³/mol. The molecule has 132 valence electrons. The highest BCUT2D eigenvalue weighted by Crippen LogP contribution is 2.52. The molecule has 6 nitrogen and oxygen atoms in total. The van der Waals surface area contributed by atoms with Gasteiger partial charge in [-0.25, -0.2) is 9.48 Å². The number of para-hydroxylation sites is 1. The standard InChI is InChI=1S/C19H24N4O2/c1-12-11-23(13-7-5-4-6-8-13)22-17(12)21-18(24)20-15-14-9-10-25-16(14)19(15,2)3/h4-8,11,14-16H,9-10H2,1-3H3,(H2,20,21,22,24)/t14-,15+,16-/m0/s1. The van der Waals surface area contributed by atoms with Crippen molar-refractivity contribution in [3.63, 3.8) is 0 Å². The highest BCUT2D eigenvalue weighted by atomic mass is 16.5. The zero-order chi connectivity index (χ0) is 17.6. The molecule has 0 radical (unpaired) electrons. The molecule has 2 N–H and O–H groups in total. The summed E-state index contributed by atoms with van der Waals surface area (Å²) in [6.45, 7) is 7.04. The van der Waals surface area contributed by atoms with Crippen LogP contribution in [0.2, 0.25) is 0 Å². The normalized spacial score (nSPS) is 26.6. The molecule has 2 aromatic rings. The number of urea groups is 1. The predicted octanol–water partition coefficient (Wildman–Crippen LogP) is 3.12. The fourth-order valence-electron chi connectivity index (χ4n) is 4.20. The van der Waals surface area contributed by atoms with Crippen LogP contribution in [0.15, 0.2) is 36.5 Å². The van der Waals surface area contributed by atoms with Gasteiger partial charge >= 0.3 is 6.03 Å². The summed E-state index contributed by atoms with van der Waals surface area (Å²) in [5.41, 5.74) is 1.86. The molecule has 3 atom stereocenters. The number of amides is 2. The van der Waals surface area contributed by atoms with E-state index in [9.17, 15) is 4.79 Å². The minimum atomic E-state index is -0.204. The van der Waals surface area contributed by atoms with Crippen LogP contribution in [0.3, 0.4) is 0 Å². The SMILES string of the molecule is Cc1cn(-c2ccccc2)nc1NC(=O)N[C@@H]1[C@@H]2CCO[C@@H]2C1(C)C. The van der Waals surface area contributed by atoms with E-state index in [1.54, 1.807) is 4.68 Å². The number of carbonyl (C=O) groups excluding carboxylic acids is 1. The van der Waals surface area contributed by atoms with Gasteiger partial charge in [0.1, 0.15) is 0 Å². The molecule has 1 aliphatic heterocycles. The number of aryl methyl sites for hydroxylation is 1. The van der Waals surface area contributed by atoms with Crippen molar-refractivity contribution in [3.05, 3.63) is 42.1 Å². The maximum atomic E-state index is 12.5. The Morgan fingerprint density at radius 1 is 1.32 bits per heavy atom. The van der Waals surface area contributed by atoms with Crippen LogP contribution in [0.4, 0.5) is 10.6 Å². The van der Waals surface area contributed by atoms with E-state index in [1.807, 2.05) is 43.5 Å². The lowest BCUT2D eigenvalue weighted by Gasteiger charge is -2.54. The average molecular weight is 340 g/mol. The number of aromatic nitrogens is 2. The molecule has 25 heavy (non-hydrogen) atoms. The number of nitrogens with one attached hydrogen (secondary N) is 2. The Kier molecular flexibility index (Phi) is 3.80. The van der Waals surface area contributed by atoms with Gasteiger partial charge in [0.2, 0.25) is 0 Å². The molecule has 1 aromatic heterocycles. The second-order valence-electron chi connectivity index (χ2n) is 7.58. The molecule has 1 aliphatic carbocycles. The van der Waals surface area contributed by atoms with Crippen LogP contribution in [-0.4, -0.2) is 34.6 Å². The number of hydrogen-bond acceptors (Lipinski definition) is 3. The summed E-state index contributed by atoms with van der Waals surface area (Å²) < 4.78 is 7.56. The van der Waals surface area contributed by atoms with Crippen molar-refractivity contribution in [1.29, 1.82) is 0 Å². The van der Waals surface area contributed by atoms with E-state index < -0.39 is 0 Å². The Morgan fingerprint density at radius 2 is 2.08 bits per heavy atom. The van der Waals surface area contributed by atoms with Crippen LogP contribution in [0.1, 0.15) is 25.8 Å². The topological polar surface area (TPSA) is 68.2 Å². The van der Waals surface area contributed by atoms with Crippen molar-refractivity contribution in [1.82, 2.24) is 15.1 Å². The van der Waals surface area contributed by atoms with Crippen LogP contribution in [-0.2, 0) is 4.74 Å². The lowest BCUT2D eigenvalue weighted by atomic mass is 9.57. The Bertz CT molecular complexity index is 784. The van der Waals surface area contributed by atoms with E-state index >= 15 is 0 Å². The van der Waals surface area contributed by atoms with Crippen molar-refractivity contribution in [2.45, 2.75) is 39.3 Å². The summed E-state index contributed by atoms with van der Waals surface area (Å²) >= 11 is 0. The largest absolute Gasteiger partial charge is 0.377 e. The van der Waals surface area contributed by atoms with Crippen molar-refractivity contribution >= 4 is 11.8 Å². The van der Waals surface area contributed by atoms with E-state index in [2.05, 4.69) is 29.6 Å². The summed E-state index contributed by atoms with van der Waals surface area (Å²) in [5.74, 6) is 1.00. The maximum absolute atomic E-state index is 12.5. The zero-order valence-electron chi connectivity index (χ0n) is 14.8. The van der Waals surface area contributed by atoms with Crippen LogP contribution in [0, 0.1) is 18.3 Å². The van der Waals surface area contributed by atoms with Crippen molar-refractivity contribution in [3.8, 4) is 5.69 Å². The van der Waals surface area contributed by atoms with Gasteiger partial charge in [-0.3, -0.25) is 5.32 Å². The molecule has 6 heteroatoms. The zero-order valence-corrected chi connectivity index (χ0v) is 14.8. The highest BCUT2D eigenvalue weighted by molar-refractivity contribution is 5.89. The number of hydrogen-bond donors (Lipinski definition) is 2. The Hall–Kier alpha value is -2.34. The second-order valence-corrected chi connectivity index (χ2v) is 7.58. The lowest BCUT2D eigenvalue weighted by Crippen LogP contribution is -2.67. The Morgan fingerprint density at radius 3 is 2.84 bits per heavy atom. The summed E-state index contributed by atoms with van der Waals surface area (Å²) in [4.78, 5) is 12.5. The summed E-state index contributed by atoms with van der Waals surface area (Å²) in [7, 11) is 0. The van der Waals surface area contributed by atoms with Gasteiger partial charge < -0.3 is 10.1 Å². The van der Waals surface area contributed by atoms with Crippen LogP contribution < -0.4 is 10.6 Å². The third-order valence-electron chi connectivity index (χ3n) is 5.54. The monoisotopic (exact) mass is 340 g/mol. The first-order valence-corrected chi connectivity index (χ1v) is 8.77. The minimum Gasteiger partial charge on any atom is -0.377 e. The van der Waals surface area contributed by atoms with E-state index in [0.717, 1.165) is 24.3 Å². The maximum Gasteiger partial charge on any atom is 0.320 e. The first-order valence-electron chi connectivity index (χ1n) is 8.77. The first-order chi connectivity index (χ1) is 12.0. The summed E-state index contributed by atoms with van der Waals surface area (Å²) in [6.07, 6.45) is 3.19. The molecule has 0 bridgehead atoms. The third kappa shape index (κ3) is 2.70. The molecular formula is C19H24N4O2. The van der Waals surface area contributed by atoms with E-state index in [4.69, 9.17) is 4.74 Å². The lowest BCUT2D eigenvalue weighted by molar-refractivity contribution is -0.107. The molecule has 2 heterocycles. The number of carbonyl (C=O) groups is 1. The molecule has 2 amide bonds. The number of anilines is 1. The number of nitrogens with zero attached hydrogens (tertiary/aromatic N) is 2. The summed E-state index contributed by atoms with van der Waals surface area (Å²) in [6, 6.07) is 9.78. The van der Waals surface area contributed by atoms with Gasteiger partial charge in [-0.15, -0.1) is 5.10 Å². The number of fused-ring (bicyclic) bond motifs is 1. The Labute approximate surface area is 147 Å². The fraction of sp³-hybridized carbons (Fsp3) is 0.474. The number of ether oxygens (including phenoxy) is 1. The molecule has 2 aliphatic rings. The fourth-order valence-corrected chi connectivity index (χ4v) is 4.20. The molecule has 1 saturated heterocycles. The molecule has 1 aromatic carbocycles. The van der Waals surface area contributed by atoms with Crippen molar-refractivity contribution in [2.75, 3.05) is 11.9 Å². The molecule has 2 fully saturated rings.